The molecule has 0 aromatic carbocycles. The van der Waals surface area contributed by atoms with E-state index in [9.17, 15) is 4.79 Å². The van der Waals surface area contributed by atoms with E-state index in [4.69, 9.17) is 4.74 Å². The normalized spacial score (nSPS) is 23.2. The zero-order chi connectivity index (χ0) is 10.1. The lowest BCUT2D eigenvalue weighted by Crippen LogP contribution is -2.43. The molecule has 0 bridgehead atoms. The highest BCUT2D eigenvalue weighted by Crippen LogP contribution is 2.20. The Balaban J connectivity index is 2.56. The van der Waals surface area contributed by atoms with Gasteiger partial charge in [-0.15, -0.1) is 0 Å². The molecule has 0 N–H and O–H groups in total. The van der Waals surface area contributed by atoms with Gasteiger partial charge in [-0.25, -0.2) is 0 Å². The molecule has 0 aromatic rings. The van der Waals surface area contributed by atoms with Crippen molar-refractivity contribution in [1.29, 1.82) is 0 Å². The van der Waals surface area contributed by atoms with E-state index in [1.807, 2.05) is 32.7 Å². The van der Waals surface area contributed by atoms with Gasteiger partial charge in [0.1, 0.15) is 0 Å². The molecule has 0 spiro atoms. The number of hydrogen-bond acceptors (Lipinski definition) is 2. The number of likely N-dealkylation sites (N-methyl/N-ethyl adjacent to an activating group) is 1. The zero-order valence-electron chi connectivity index (χ0n) is 8.96. The Morgan fingerprint density at radius 1 is 1.46 bits per heavy atom. The lowest BCUT2D eigenvalue weighted by Gasteiger charge is -2.29. The van der Waals surface area contributed by atoms with E-state index < -0.39 is 0 Å². The highest BCUT2D eigenvalue weighted by molar-refractivity contribution is 5.81. The van der Waals surface area contributed by atoms with Crippen LogP contribution in [0.15, 0.2) is 0 Å². The maximum absolute atomic E-state index is 11.8. The Morgan fingerprint density at radius 2 is 2.08 bits per heavy atom. The maximum Gasteiger partial charge on any atom is 0.228 e. The van der Waals surface area contributed by atoms with Gasteiger partial charge in [-0.3, -0.25) is 4.79 Å². The summed E-state index contributed by atoms with van der Waals surface area (Å²) in [5, 5.41) is 0. The van der Waals surface area contributed by atoms with Crippen LogP contribution in [0.3, 0.4) is 0 Å². The Morgan fingerprint density at radius 3 is 2.46 bits per heavy atom. The molecule has 0 saturated carbocycles. The second kappa shape index (κ2) is 3.66. The van der Waals surface area contributed by atoms with Crippen molar-refractivity contribution in [2.24, 2.45) is 5.41 Å². The van der Waals surface area contributed by atoms with Crippen molar-refractivity contribution in [3.05, 3.63) is 0 Å². The third-order valence-electron chi connectivity index (χ3n) is 2.42. The Kier molecular flexibility index (Phi) is 2.96. The second-order valence-electron chi connectivity index (χ2n) is 4.68. The average molecular weight is 185 g/mol. The first-order chi connectivity index (χ1) is 5.93. The summed E-state index contributed by atoms with van der Waals surface area (Å²) in [7, 11) is 1.87. The maximum atomic E-state index is 11.8. The third kappa shape index (κ3) is 2.44. The van der Waals surface area contributed by atoms with Gasteiger partial charge in [0.05, 0.1) is 12.6 Å². The van der Waals surface area contributed by atoms with Gasteiger partial charge in [0.2, 0.25) is 5.91 Å². The van der Waals surface area contributed by atoms with E-state index in [0.29, 0.717) is 6.61 Å². The number of nitrogens with zero attached hydrogens (tertiary/aromatic N) is 1. The molecule has 76 valence electrons. The summed E-state index contributed by atoms with van der Waals surface area (Å²) < 4.78 is 5.25. The Bertz CT molecular complexity index is 190. The van der Waals surface area contributed by atoms with E-state index in [-0.39, 0.29) is 17.4 Å². The summed E-state index contributed by atoms with van der Waals surface area (Å²) in [4.78, 5) is 13.6. The molecule has 1 fully saturated rings. The van der Waals surface area contributed by atoms with Crippen molar-refractivity contribution in [2.75, 3.05) is 20.3 Å². The smallest absolute Gasteiger partial charge is 0.228 e. The quantitative estimate of drug-likeness (QED) is 0.616. The number of amides is 1. The molecule has 13 heavy (non-hydrogen) atoms. The van der Waals surface area contributed by atoms with Crippen LogP contribution in [0.2, 0.25) is 0 Å². The first-order valence-corrected chi connectivity index (χ1v) is 4.78. The molecule has 1 heterocycles. The fourth-order valence-corrected chi connectivity index (χ4v) is 1.52. The lowest BCUT2D eigenvalue weighted by atomic mass is 9.94. The van der Waals surface area contributed by atoms with Gasteiger partial charge < -0.3 is 9.64 Å². The molecule has 1 aliphatic rings. The minimum absolute atomic E-state index is 0.197. The highest BCUT2D eigenvalue weighted by Gasteiger charge is 2.30. The average Bonchev–Trinajstić information content (AvgIpc) is 2.51. The monoisotopic (exact) mass is 185 g/mol. The lowest BCUT2D eigenvalue weighted by molar-refractivity contribution is -0.140. The second-order valence-corrected chi connectivity index (χ2v) is 4.68. The summed E-state index contributed by atoms with van der Waals surface area (Å²) in [6, 6.07) is 0.284. The van der Waals surface area contributed by atoms with Crippen molar-refractivity contribution in [2.45, 2.75) is 33.2 Å². The number of carbonyl (C=O) groups is 1. The van der Waals surface area contributed by atoms with Crippen LogP contribution in [0.1, 0.15) is 27.2 Å². The number of hydrogen-bond donors (Lipinski definition) is 0. The minimum atomic E-state index is -0.280. The molecule has 1 amide bonds. The molecule has 1 rings (SSSR count). The number of rotatable bonds is 1. The molecule has 0 aliphatic carbocycles. The molecular formula is C10H19NO2. The van der Waals surface area contributed by atoms with Crippen LogP contribution < -0.4 is 0 Å². The summed E-state index contributed by atoms with van der Waals surface area (Å²) in [6.45, 7) is 7.32. The van der Waals surface area contributed by atoms with Crippen LogP contribution in [-0.4, -0.2) is 37.1 Å². The van der Waals surface area contributed by atoms with Crippen molar-refractivity contribution < 1.29 is 9.53 Å². The zero-order valence-corrected chi connectivity index (χ0v) is 8.96. The van der Waals surface area contributed by atoms with Crippen molar-refractivity contribution in [3.8, 4) is 0 Å². The Hall–Kier alpha value is -0.570. The summed E-state index contributed by atoms with van der Waals surface area (Å²) >= 11 is 0. The molecule has 1 unspecified atom stereocenters. The predicted octanol–water partition coefficient (Wildman–Crippen LogP) is 1.28. The standard InChI is InChI=1S/C10H19NO2/c1-10(2,3)9(12)11(4)8-5-6-13-7-8/h8H,5-7H2,1-4H3. The SMILES string of the molecule is CN(C(=O)C(C)(C)C)C1CCOC1. The van der Waals surface area contributed by atoms with E-state index in [1.54, 1.807) is 0 Å². The van der Waals surface area contributed by atoms with Gasteiger partial charge in [0.15, 0.2) is 0 Å². The molecule has 0 aromatic heterocycles. The Labute approximate surface area is 80.1 Å². The van der Waals surface area contributed by atoms with E-state index in [2.05, 4.69) is 0 Å². The first kappa shape index (κ1) is 10.5. The molecule has 1 aliphatic heterocycles. The molecule has 3 nitrogen and oxygen atoms in total. The van der Waals surface area contributed by atoms with Gasteiger partial charge >= 0.3 is 0 Å². The topological polar surface area (TPSA) is 29.5 Å². The fraction of sp³-hybridized carbons (Fsp3) is 0.900. The van der Waals surface area contributed by atoms with E-state index >= 15 is 0 Å². The number of ether oxygens (including phenoxy) is 1. The molecule has 3 heteroatoms. The van der Waals surface area contributed by atoms with Crippen molar-refractivity contribution in [1.82, 2.24) is 4.90 Å². The summed E-state index contributed by atoms with van der Waals surface area (Å²) in [5.41, 5.74) is -0.280. The molecule has 1 saturated heterocycles. The largest absolute Gasteiger partial charge is 0.379 e. The molecule has 0 radical (unpaired) electrons. The van der Waals surface area contributed by atoms with E-state index in [0.717, 1.165) is 13.0 Å². The van der Waals surface area contributed by atoms with Gasteiger partial charge in [-0.1, -0.05) is 20.8 Å². The van der Waals surface area contributed by atoms with Crippen LogP contribution in [0, 0.1) is 5.41 Å². The predicted molar refractivity (Wildman–Crippen MR) is 51.4 cm³/mol. The molecular weight excluding hydrogens is 166 g/mol. The third-order valence-corrected chi connectivity index (χ3v) is 2.42. The number of carbonyl (C=O) groups excluding carboxylic acids is 1. The summed E-state index contributed by atoms with van der Waals surface area (Å²) in [5.74, 6) is 0.197. The first-order valence-electron chi connectivity index (χ1n) is 4.78. The molecule has 1 atom stereocenters. The van der Waals surface area contributed by atoms with Crippen LogP contribution in [0.4, 0.5) is 0 Å². The van der Waals surface area contributed by atoms with Crippen molar-refractivity contribution in [3.63, 3.8) is 0 Å². The van der Waals surface area contributed by atoms with Gasteiger partial charge in [0, 0.05) is 19.1 Å². The summed E-state index contributed by atoms with van der Waals surface area (Å²) in [6.07, 6.45) is 0.971. The van der Waals surface area contributed by atoms with Gasteiger partial charge in [-0.2, -0.15) is 0 Å². The van der Waals surface area contributed by atoms with E-state index in [1.165, 1.54) is 0 Å². The van der Waals surface area contributed by atoms with Crippen LogP contribution in [-0.2, 0) is 9.53 Å². The minimum Gasteiger partial charge on any atom is -0.379 e. The van der Waals surface area contributed by atoms with Crippen LogP contribution in [0.5, 0.6) is 0 Å². The van der Waals surface area contributed by atoms with Crippen LogP contribution in [0.25, 0.3) is 0 Å². The fourth-order valence-electron chi connectivity index (χ4n) is 1.52. The highest BCUT2D eigenvalue weighted by atomic mass is 16.5. The van der Waals surface area contributed by atoms with Gasteiger partial charge in [0.25, 0.3) is 0 Å². The van der Waals surface area contributed by atoms with Crippen molar-refractivity contribution >= 4 is 5.91 Å². The van der Waals surface area contributed by atoms with Gasteiger partial charge in [-0.05, 0) is 6.42 Å². The van der Waals surface area contributed by atoms with Crippen LogP contribution >= 0.6 is 0 Å².